The van der Waals surface area contributed by atoms with Crippen LogP contribution in [0.15, 0.2) is 17.5 Å². The molecule has 0 saturated carbocycles. The third-order valence-electron chi connectivity index (χ3n) is 3.77. The van der Waals surface area contributed by atoms with Crippen molar-refractivity contribution in [2.75, 3.05) is 18.4 Å². The molecule has 7 heteroatoms. The second-order valence-corrected chi connectivity index (χ2v) is 7.73. The van der Waals surface area contributed by atoms with Crippen LogP contribution in [0.3, 0.4) is 0 Å². The summed E-state index contributed by atoms with van der Waals surface area (Å²) < 4.78 is 0. The van der Waals surface area contributed by atoms with E-state index < -0.39 is 0 Å². The number of thiazole rings is 1. The number of nitrogens with zero attached hydrogens (tertiary/aromatic N) is 2. The lowest BCUT2D eigenvalue weighted by molar-refractivity contribution is -0.133. The lowest BCUT2D eigenvalue weighted by Crippen LogP contribution is -2.37. The number of likely N-dealkylation sites (tertiary alicyclic amines) is 1. The maximum absolute atomic E-state index is 12.0. The molecule has 0 bridgehead atoms. The van der Waals surface area contributed by atoms with Crippen LogP contribution in [0.25, 0.3) is 10.6 Å². The Bertz CT molecular complexity index is 708. The van der Waals surface area contributed by atoms with E-state index in [1.165, 1.54) is 16.2 Å². The van der Waals surface area contributed by atoms with Gasteiger partial charge in [0, 0.05) is 36.2 Å². The van der Waals surface area contributed by atoms with Crippen LogP contribution >= 0.6 is 22.7 Å². The van der Waals surface area contributed by atoms with Crippen molar-refractivity contribution in [1.82, 2.24) is 9.88 Å². The van der Waals surface area contributed by atoms with Crippen molar-refractivity contribution in [2.45, 2.75) is 32.6 Å². The Morgan fingerprint density at radius 2 is 2.26 bits per heavy atom. The predicted octanol–water partition coefficient (Wildman–Crippen LogP) is 3.52. The van der Waals surface area contributed by atoms with E-state index in [1.54, 1.807) is 16.2 Å². The van der Waals surface area contributed by atoms with Crippen LogP contribution in [-0.2, 0) is 9.59 Å². The number of piperidine rings is 1. The monoisotopic (exact) mass is 349 g/mol. The van der Waals surface area contributed by atoms with Gasteiger partial charge in [-0.05, 0) is 31.9 Å². The van der Waals surface area contributed by atoms with Gasteiger partial charge in [-0.2, -0.15) is 0 Å². The average Bonchev–Trinajstić information content (AvgIpc) is 3.15. The number of anilines is 1. The molecule has 0 aromatic carbocycles. The van der Waals surface area contributed by atoms with Crippen LogP contribution in [-0.4, -0.2) is 34.8 Å². The summed E-state index contributed by atoms with van der Waals surface area (Å²) in [7, 11) is 0. The van der Waals surface area contributed by atoms with Gasteiger partial charge in [0.2, 0.25) is 11.8 Å². The Morgan fingerprint density at radius 1 is 1.39 bits per heavy atom. The summed E-state index contributed by atoms with van der Waals surface area (Å²) in [6.07, 6.45) is 2.92. The predicted molar refractivity (Wildman–Crippen MR) is 93.8 cm³/mol. The first kappa shape index (κ1) is 16.1. The van der Waals surface area contributed by atoms with Crippen molar-refractivity contribution in [3.8, 4) is 10.6 Å². The van der Waals surface area contributed by atoms with E-state index in [9.17, 15) is 9.59 Å². The summed E-state index contributed by atoms with van der Waals surface area (Å²) in [6, 6.07) is 4.11. The summed E-state index contributed by atoms with van der Waals surface area (Å²) in [4.78, 5) is 32.3. The van der Waals surface area contributed by atoms with Crippen LogP contribution in [0, 0.1) is 6.92 Å². The highest BCUT2D eigenvalue weighted by atomic mass is 32.1. The molecule has 1 fully saturated rings. The van der Waals surface area contributed by atoms with Crippen molar-refractivity contribution in [1.29, 1.82) is 0 Å². The molecule has 0 spiro atoms. The SMILES string of the molecule is Cc1ccc(-c2csc(NC(=O)CCN3CCCCC3=O)n2)s1. The second-order valence-electron chi connectivity index (χ2n) is 5.58. The van der Waals surface area contributed by atoms with Gasteiger partial charge >= 0.3 is 0 Å². The Labute approximate surface area is 143 Å². The number of aromatic nitrogens is 1. The fourth-order valence-corrected chi connectivity index (χ4v) is 4.16. The minimum absolute atomic E-state index is 0.0911. The van der Waals surface area contributed by atoms with Crippen LogP contribution < -0.4 is 5.32 Å². The van der Waals surface area contributed by atoms with Gasteiger partial charge in [0.05, 0.1) is 10.6 Å². The van der Waals surface area contributed by atoms with E-state index in [4.69, 9.17) is 0 Å². The molecule has 3 heterocycles. The van der Waals surface area contributed by atoms with Crippen LogP contribution in [0.2, 0.25) is 0 Å². The van der Waals surface area contributed by atoms with E-state index in [-0.39, 0.29) is 11.8 Å². The lowest BCUT2D eigenvalue weighted by Gasteiger charge is -2.26. The molecular weight excluding hydrogens is 330 g/mol. The van der Waals surface area contributed by atoms with Crippen LogP contribution in [0.4, 0.5) is 5.13 Å². The van der Waals surface area contributed by atoms with E-state index in [0.717, 1.165) is 30.0 Å². The quantitative estimate of drug-likeness (QED) is 0.898. The normalized spacial score (nSPS) is 15.0. The number of hydrogen-bond acceptors (Lipinski definition) is 5. The summed E-state index contributed by atoms with van der Waals surface area (Å²) in [6.45, 7) is 3.32. The van der Waals surface area contributed by atoms with Crippen LogP contribution in [0.5, 0.6) is 0 Å². The first-order chi connectivity index (χ1) is 11.1. The molecule has 0 unspecified atom stereocenters. The average molecular weight is 349 g/mol. The number of amides is 2. The van der Waals surface area contributed by atoms with Gasteiger partial charge in [0.15, 0.2) is 5.13 Å². The summed E-state index contributed by atoms with van der Waals surface area (Å²) in [5.41, 5.74) is 0.898. The number of rotatable bonds is 5. The fraction of sp³-hybridized carbons (Fsp3) is 0.438. The molecule has 0 radical (unpaired) electrons. The van der Waals surface area contributed by atoms with E-state index in [1.807, 2.05) is 11.4 Å². The number of nitrogens with one attached hydrogen (secondary N) is 1. The Kier molecular flexibility index (Phi) is 5.07. The summed E-state index contributed by atoms with van der Waals surface area (Å²) in [5.74, 6) is 0.0697. The van der Waals surface area contributed by atoms with Gasteiger partial charge in [-0.25, -0.2) is 4.98 Å². The fourth-order valence-electron chi connectivity index (χ4n) is 2.53. The third kappa shape index (κ3) is 4.17. The lowest BCUT2D eigenvalue weighted by atomic mass is 10.1. The van der Waals surface area contributed by atoms with Gasteiger partial charge in [-0.3, -0.25) is 9.59 Å². The Hall–Kier alpha value is -1.73. The number of thiophene rings is 1. The molecular formula is C16H19N3O2S2. The zero-order valence-electron chi connectivity index (χ0n) is 13.0. The van der Waals surface area contributed by atoms with E-state index in [0.29, 0.717) is 24.5 Å². The van der Waals surface area contributed by atoms with E-state index in [2.05, 4.69) is 23.3 Å². The number of carbonyl (C=O) groups excluding carboxylic acids is 2. The second kappa shape index (κ2) is 7.23. The van der Waals surface area contributed by atoms with Gasteiger partial charge in [0.25, 0.3) is 0 Å². The molecule has 3 rings (SSSR count). The van der Waals surface area contributed by atoms with Crippen molar-refractivity contribution >= 4 is 39.6 Å². The first-order valence-corrected chi connectivity index (χ1v) is 9.41. The number of carbonyl (C=O) groups is 2. The largest absolute Gasteiger partial charge is 0.342 e. The molecule has 23 heavy (non-hydrogen) atoms. The molecule has 2 amide bonds. The number of aryl methyl sites for hydroxylation is 1. The maximum atomic E-state index is 12.0. The highest BCUT2D eigenvalue weighted by Gasteiger charge is 2.18. The molecule has 1 aliphatic heterocycles. The van der Waals surface area contributed by atoms with Gasteiger partial charge < -0.3 is 10.2 Å². The van der Waals surface area contributed by atoms with Crippen LogP contribution in [0.1, 0.15) is 30.6 Å². The van der Waals surface area contributed by atoms with Crippen molar-refractivity contribution < 1.29 is 9.59 Å². The zero-order chi connectivity index (χ0) is 16.2. The van der Waals surface area contributed by atoms with Gasteiger partial charge in [-0.15, -0.1) is 22.7 Å². The summed E-state index contributed by atoms with van der Waals surface area (Å²) >= 11 is 3.12. The Balaban J connectivity index is 1.52. The molecule has 2 aromatic heterocycles. The molecule has 5 nitrogen and oxygen atoms in total. The topological polar surface area (TPSA) is 62.3 Å². The van der Waals surface area contributed by atoms with E-state index >= 15 is 0 Å². The van der Waals surface area contributed by atoms with Crippen molar-refractivity contribution in [3.05, 3.63) is 22.4 Å². The highest BCUT2D eigenvalue weighted by molar-refractivity contribution is 7.17. The molecule has 1 N–H and O–H groups in total. The summed E-state index contributed by atoms with van der Waals surface area (Å²) in [5, 5.41) is 5.39. The maximum Gasteiger partial charge on any atom is 0.227 e. The molecule has 122 valence electrons. The molecule has 0 aliphatic carbocycles. The highest BCUT2D eigenvalue weighted by Crippen LogP contribution is 2.30. The molecule has 2 aromatic rings. The minimum Gasteiger partial charge on any atom is -0.342 e. The third-order valence-corrected chi connectivity index (χ3v) is 5.55. The zero-order valence-corrected chi connectivity index (χ0v) is 14.6. The van der Waals surface area contributed by atoms with Crippen molar-refractivity contribution in [3.63, 3.8) is 0 Å². The first-order valence-electron chi connectivity index (χ1n) is 7.72. The number of hydrogen-bond donors (Lipinski definition) is 1. The smallest absolute Gasteiger partial charge is 0.227 e. The minimum atomic E-state index is -0.0911. The standard InChI is InChI=1S/C16H19N3O2S2/c1-11-5-6-13(23-11)12-10-22-16(17-12)18-14(20)7-9-19-8-3-2-4-15(19)21/h5-6,10H,2-4,7-9H2,1H3,(H,17,18,20). The van der Waals surface area contributed by atoms with Gasteiger partial charge in [-0.1, -0.05) is 0 Å². The molecule has 1 aliphatic rings. The van der Waals surface area contributed by atoms with Gasteiger partial charge in [0.1, 0.15) is 0 Å². The molecule has 1 saturated heterocycles. The van der Waals surface area contributed by atoms with Crippen molar-refractivity contribution in [2.24, 2.45) is 0 Å². The Morgan fingerprint density at radius 3 is 3.00 bits per heavy atom. The molecule has 0 atom stereocenters.